The molecule has 0 unspecified atom stereocenters. The van der Waals surface area contributed by atoms with Crippen LogP contribution in [0.15, 0.2) is 28.8 Å². The molecule has 0 spiro atoms. The summed E-state index contributed by atoms with van der Waals surface area (Å²) in [4.78, 5) is 4.11. The Balaban J connectivity index is 2.27. The fourth-order valence-corrected chi connectivity index (χ4v) is 1.74. The highest BCUT2D eigenvalue weighted by Gasteiger charge is 2.12. The van der Waals surface area contributed by atoms with Gasteiger partial charge < -0.3 is 4.42 Å². The van der Waals surface area contributed by atoms with Gasteiger partial charge in [0.1, 0.15) is 5.82 Å². The standard InChI is InChI=1S/C13H13ClFNO/c1-9-4-2-5-10(13(9)15)11-8-16-12(17-11)6-3-7-14/h2,4-5,8H,3,6-7H2,1H3. The van der Waals surface area contributed by atoms with Crippen LogP contribution in [-0.4, -0.2) is 10.9 Å². The van der Waals surface area contributed by atoms with Crippen molar-refractivity contribution >= 4 is 11.6 Å². The fourth-order valence-electron chi connectivity index (χ4n) is 1.61. The molecule has 0 saturated carbocycles. The molecule has 0 fully saturated rings. The SMILES string of the molecule is Cc1cccc(-c2cnc(CCCCl)o2)c1F. The topological polar surface area (TPSA) is 26.0 Å². The van der Waals surface area contributed by atoms with Crippen molar-refractivity contribution < 1.29 is 8.81 Å². The number of benzene rings is 1. The van der Waals surface area contributed by atoms with Crippen molar-refractivity contribution in [2.75, 3.05) is 5.88 Å². The molecular weight excluding hydrogens is 241 g/mol. The molecule has 1 aromatic carbocycles. The molecule has 90 valence electrons. The second-order valence-electron chi connectivity index (χ2n) is 3.85. The largest absolute Gasteiger partial charge is 0.441 e. The molecule has 0 aliphatic rings. The molecule has 1 heterocycles. The molecule has 0 radical (unpaired) electrons. The van der Waals surface area contributed by atoms with Crippen LogP contribution in [0.3, 0.4) is 0 Å². The number of hydrogen-bond acceptors (Lipinski definition) is 2. The van der Waals surface area contributed by atoms with Crippen LogP contribution < -0.4 is 0 Å². The molecule has 2 rings (SSSR count). The van der Waals surface area contributed by atoms with E-state index in [1.807, 2.05) is 0 Å². The van der Waals surface area contributed by atoms with Gasteiger partial charge in [0, 0.05) is 12.3 Å². The Bertz CT molecular complexity index is 510. The van der Waals surface area contributed by atoms with Crippen LogP contribution in [0.4, 0.5) is 4.39 Å². The minimum Gasteiger partial charge on any atom is -0.441 e. The van der Waals surface area contributed by atoms with Crippen LogP contribution in [0, 0.1) is 12.7 Å². The van der Waals surface area contributed by atoms with Crippen molar-refractivity contribution in [2.24, 2.45) is 0 Å². The number of alkyl halides is 1. The van der Waals surface area contributed by atoms with Crippen molar-refractivity contribution in [3.8, 4) is 11.3 Å². The van der Waals surface area contributed by atoms with E-state index in [-0.39, 0.29) is 5.82 Å². The van der Waals surface area contributed by atoms with Gasteiger partial charge in [-0.25, -0.2) is 9.37 Å². The first-order valence-corrected chi connectivity index (χ1v) is 6.02. The van der Waals surface area contributed by atoms with Gasteiger partial charge in [-0.3, -0.25) is 0 Å². The van der Waals surface area contributed by atoms with E-state index in [2.05, 4.69) is 4.98 Å². The minimum absolute atomic E-state index is 0.257. The number of hydrogen-bond donors (Lipinski definition) is 0. The summed E-state index contributed by atoms with van der Waals surface area (Å²) in [5.74, 6) is 1.38. The van der Waals surface area contributed by atoms with Crippen molar-refractivity contribution in [2.45, 2.75) is 19.8 Å². The molecular formula is C13H13ClFNO. The van der Waals surface area contributed by atoms with Crippen molar-refractivity contribution in [1.82, 2.24) is 4.98 Å². The minimum atomic E-state index is -0.257. The highest BCUT2D eigenvalue weighted by Crippen LogP contribution is 2.25. The monoisotopic (exact) mass is 253 g/mol. The van der Waals surface area contributed by atoms with Gasteiger partial charge >= 0.3 is 0 Å². The summed E-state index contributed by atoms with van der Waals surface area (Å²) in [6, 6.07) is 5.21. The first-order valence-electron chi connectivity index (χ1n) is 5.48. The Morgan fingerprint density at radius 1 is 1.41 bits per heavy atom. The van der Waals surface area contributed by atoms with Gasteiger partial charge in [-0.15, -0.1) is 11.6 Å². The summed E-state index contributed by atoms with van der Waals surface area (Å²) in [6.45, 7) is 1.73. The summed E-state index contributed by atoms with van der Waals surface area (Å²) in [5, 5.41) is 0. The maximum Gasteiger partial charge on any atom is 0.194 e. The maximum atomic E-state index is 13.8. The number of oxazole rings is 1. The van der Waals surface area contributed by atoms with Gasteiger partial charge in [0.2, 0.25) is 0 Å². The lowest BCUT2D eigenvalue weighted by Gasteiger charge is -2.01. The molecule has 0 aliphatic heterocycles. The van der Waals surface area contributed by atoms with Crippen LogP contribution in [0.2, 0.25) is 0 Å². The molecule has 2 aromatic rings. The predicted molar refractivity (Wildman–Crippen MR) is 65.7 cm³/mol. The summed E-state index contributed by atoms with van der Waals surface area (Å²) in [7, 11) is 0. The highest BCUT2D eigenvalue weighted by atomic mass is 35.5. The van der Waals surface area contributed by atoms with E-state index in [1.54, 1.807) is 31.3 Å². The van der Waals surface area contributed by atoms with E-state index in [0.29, 0.717) is 35.1 Å². The lowest BCUT2D eigenvalue weighted by Crippen LogP contribution is -1.86. The lowest BCUT2D eigenvalue weighted by molar-refractivity contribution is 0.499. The van der Waals surface area contributed by atoms with Crippen LogP contribution in [0.5, 0.6) is 0 Å². The number of halogens is 2. The third-order valence-electron chi connectivity index (χ3n) is 2.54. The Labute approximate surface area is 104 Å². The number of aryl methyl sites for hydroxylation is 2. The zero-order valence-corrected chi connectivity index (χ0v) is 10.3. The number of rotatable bonds is 4. The molecule has 0 bridgehead atoms. The smallest absolute Gasteiger partial charge is 0.194 e. The fraction of sp³-hybridized carbons (Fsp3) is 0.308. The Morgan fingerprint density at radius 3 is 3.00 bits per heavy atom. The van der Waals surface area contributed by atoms with E-state index in [1.165, 1.54) is 0 Å². The summed E-state index contributed by atoms with van der Waals surface area (Å²) >= 11 is 5.59. The molecule has 0 amide bonds. The van der Waals surface area contributed by atoms with Crippen LogP contribution in [0.1, 0.15) is 17.9 Å². The molecule has 17 heavy (non-hydrogen) atoms. The second-order valence-corrected chi connectivity index (χ2v) is 4.23. The predicted octanol–water partition coefficient (Wildman–Crippen LogP) is 3.96. The van der Waals surface area contributed by atoms with Gasteiger partial charge in [0.15, 0.2) is 11.7 Å². The summed E-state index contributed by atoms with van der Waals surface area (Å²) < 4.78 is 19.3. The maximum absolute atomic E-state index is 13.8. The molecule has 0 aliphatic carbocycles. The van der Waals surface area contributed by atoms with Gasteiger partial charge in [0.05, 0.1) is 11.8 Å². The Hall–Kier alpha value is -1.35. The van der Waals surface area contributed by atoms with Gasteiger partial charge in [-0.1, -0.05) is 12.1 Å². The molecule has 0 atom stereocenters. The Morgan fingerprint density at radius 2 is 2.24 bits per heavy atom. The first kappa shape index (κ1) is 12.1. The van der Waals surface area contributed by atoms with Crippen LogP contribution >= 0.6 is 11.6 Å². The molecule has 1 aromatic heterocycles. The van der Waals surface area contributed by atoms with Gasteiger partial charge in [-0.05, 0) is 25.0 Å². The van der Waals surface area contributed by atoms with Crippen molar-refractivity contribution in [3.63, 3.8) is 0 Å². The quantitative estimate of drug-likeness (QED) is 0.771. The van der Waals surface area contributed by atoms with Gasteiger partial charge in [0.25, 0.3) is 0 Å². The zero-order chi connectivity index (χ0) is 12.3. The van der Waals surface area contributed by atoms with E-state index >= 15 is 0 Å². The number of nitrogens with zero attached hydrogens (tertiary/aromatic N) is 1. The zero-order valence-electron chi connectivity index (χ0n) is 9.54. The van der Waals surface area contributed by atoms with Crippen molar-refractivity contribution in [3.05, 3.63) is 41.7 Å². The highest BCUT2D eigenvalue weighted by molar-refractivity contribution is 6.17. The van der Waals surface area contributed by atoms with Crippen LogP contribution in [-0.2, 0) is 6.42 Å². The normalized spacial score (nSPS) is 10.8. The molecule has 0 saturated heterocycles. The van der Waals surface area contributed by atoms with Crippen LogP contribution in [0.25, 0.3) is 11.3 Å². The number of aromatic nitrogens is 1. The van der Waals surface area contributed by atoms with E-state index < -0.39 is 0 Å². The average Bonchev–Trinajstić information content (AvgIpc) is 2.78. The molecule has 0 N–H and O–H groups in total. The molecule has 4 heteroatoms. The third-order valence-corrected chi connectivity index (χ3v) is 2.80. The summed E-state index contributed by atoms with van der Waals surface area (Å²) in [5.41, 5.74) is 1.05. The third kappa shape index (κ3) is 2.67. The lowest BCUT2D eigenvalue weighted by atomic mass is 10.1. The molecule has 2 nitrogen and oxygen atoms in total. The average molecular weight is 254 g/mol. The second kappa shape index (κ2) is 5.32. The summed E-state index contributed by atoms with van der Waals surface area (Å²) in [6.07, 6.45) is 3.04. The van der Waals surface area contributed by atoms with E-state index in [4.69, 9.17) is 16.0 Å². The van der Waals surface area contributed by atoms with E-state index in [9.17, 15) is 4.39 Å². The van der Waals surface area contributed by atoms with Crippen molar-refractivity contribution in [1.29, 1.82) is 0 Å². The van der Waals surface area contributed by atoms with E-state index in [0.717, 1.165) is 6.42 Å². The van der Waals surface area contributed by atoms with Gasteiger partial charge in [-0.2, -0.15) is 0 Å². The first-order chi connectivity index (χ1) is 8.22. The Kier molecular flexibility index (Phi) is 3.79.